The predicted molar refractivity (Wildman–Crippen MR) is 52.2 cm³/mol. The van der Waals surface area contributed by atoms with Crippen LogP contribution in [0.3, 0.4) is 0 Å². The average molecular weight is 170 g/mol. The molecular weight excluding hydrogens is 148 g/mol. The van der Waals surface area contributed by atoms with Crippen LogP contribution < -0.4 is 0 Å². The lowest BCUT2D eigenvalue weighted by Gasteiger charge is -2.27. The molecule has 0 N–H and O–H groups in total. The Morgan fingerprint density at radius 2 is 1.67 bits per heavy atom. The minimum Gasteiger partial charge on any atom is -0.384 e. The zero-order valence-corrected chi connectivity index (χ0v) is 8.51. The Morgan fingerprint density at radius 1 is 1.08 bits per heavy atom. The summed E-state index contributed by atoms with van der Waals surface area (Å²) in [6.07, 6.45) is 8.50. The van der Waals surface area contributed by atoms with Crippen LogP contribution in [0.1, 0.15) is 45.4 Å². The number of rotatable bonds is 4. The van der Waals surface area contributed by atoms with Crippen LogP contribution in [0.15, 0.2) is 0 Å². The molecule has 0 aromatic carbocycles. The van der Waals surface area contributed by atoms with Crippen molar-refractivity contribution >= 4 is 0 Å². The van der Waals surface area contributed by atoms with Gasteiger partial charge in [-0.25, -0.2) is 0 Å². The molecule has 0 radical (unpaired) electrons. The third kappa shape index (κ3) is 3.14. The lowest BCUT2D eigenvalue weighted by Crippen LogP contribution is -2.17. The molecule has 1 rings (SSSR count). The zero-order chi connectivity index (χ0) is 8.81. The Morgan fingerprint density at radius 3 is 2.17 bits per heavy atom. The summed E-state index contributed by atoms with van der Waals surface area (Å²) in [6, 6.07) is 0. The Hall–Kier alpha value is -0.0400. The fourth-order valence-corrected chi connectivity index (χ4v) is 2.33. The number of ether oxygens (including phenoxy) is 1. The molecule has 0 saturated heterocycles. The van der Waals surface area contributed by atoms with Gasteiger partial charge in [0.1, 0.15) is 0 Å². The molecule has 72 valence electrons. The monoisotopic (exact) mass is 170 g/mol. The van der Waals surface area contributed by atoms with E-state index in [4.69, 9.17) is 4.74 Å². The number of hydrogen-bond acceptors (Lipinski definition) is 1. The van der Waals surface area contributed by atoms with E-state index in [-0.39, 0.29) is 0 Å². The highest BCUT2D eigenvalue weighted by Crippen LogP contribution is 2.31. The van der Waals surface area contributed by atoms with Crippen molar-refractivity contribution in [1.29, 1.82) is 0 Å². The van der Waals surface area contributed by atoms with Crippen LogP contribution in [0.4, 0.5) is 0 Å². The van der Waals surface area contributed by atoms with Crippen molar-refractivity contribution < 1.29 is 4.74 Å². The highest BCUT2D eigenvalue weighted by molar-refractivity contribution is 4.71. The summed E-state index contributed by atoms with van der Waals surface area (Å²) >= 11 is 0. The van der Waals surface area contributed by atoms with E-state index in [0.29, 0.717) is 0 Å². The van der Waals surface area contributed by atoms with Crippen LogP contribution in [-0.2, 0) is 4.74 Å². The first-order chi connectivity index (χ1) is 5.86. The van der Waals surface area contributed by atoms with Crippen molar-refractivity contribution in [3.63, 3.8) is 0 Å². The minimum absolute atomic E-state index is 0.864. The van der Waals surface area contributed by atoms with Gasteiger partial charge in [0.2, 0.25) is 0 Å². The van der Waals surface area contributed by atoms with Gasteiger partial charge < -0.3 is 4.74 Å². The molecule has 12 heavy (non-hydrogen) atoms. The molecule has 1 nitrogen and oxygen atoms in total. The average Bonchev–Trinajstić information content (AvgIpc) is 2.09. The summed E-state index contributed by atoms with van der Waals surface area (Å²) in [6.45, 7) is 3.28. The Bertz CT molecular complexity index is 89.6. The van der Waals surface area contributed by atoms with Crippen LogP contribution in [-0.4, -0.2) is 13.7 Å². The summed E-state index contributed by atoms with van der Waals surface area (Å²) in [5, 5.41) is 0. The fraction of sp³-hybridized carbons (Fsp3) is 1.00. The third-order valence-corrected chi connectivity index (χ3v) is 3.07. The lowest BCUT2D eigenvalue weighted by atomic mass is 9.80. The van der Waals surface area contributed by atoms with E-state index in [2.05, 4.69) is 6.92 Å². The predicted octanol–water partition coefficient (Wildman–Crippen LogP) is 3.24. The second-order valence-corrected chi connectivity index (χ2v) is 4.13. The van der Waals surface area contributed by atoms with Crippen LogP contribution >= 0.6 is 0 Å². The quantitative estimate of drug-likeness (QED) is 0.629. The van der Waals surface area contributed by atoms with Crippen molar-refractivity contribution in [3.05, 3.63) is 0 Å². The van der Waals surface area contributed by atoms with Crippen molar-refractivity contribution in [3.8, 4) is 0 Å². The molecule has 0 aromatic heterocycles. The second-order valence-electron chi connectivity index (χ2n) is 4.13. The van der Waals surface area contributed by atoms with E-state index >= 15 is 0 Å². The molecule has 0 amide bonds. The molecule has 0 heterocycles. The third-order valence-electron chi connectivity index (χ3n) is 3.07. The highest BCUT2D eigenvalue weighted by Gasteiger charge is 2.19. The van der Waals surface area contributed by atoms with E-state index in [1.165, 1.54) is 38.5 Å². The van der Waals surface area contributed by atoms with Gasteiger partial charge >= 0.3 is 0 Å². The van der Waals surface area contributed by atoms with Crippen molar-refractivity contribution in [2.45, 2.75) is 45.4 Å². The summed E-state index contributed by atoms with van der Waals surface area (Å²) in [4.78, 5) is 0. The topological polar surface area (TPSA) is 9.23 Å². The standard InChI is InChI=1S/C11H22O/c1-3-4-10-5-7-11(8-6-10)9-12-2/h10-11H,3-9H2,1-2H3. The van der Waals surface area contributed by atoms with Gasteiger partial charge in [-0.2, -0.15) is 0 Å². The largest absolute Gasteiger partial charge is 0.384 e. The van der Waals surface area contributed by atoms with Crippen molar-refractivity contribution in [1.82, 2.24) is 0 Å². The van der Waals surface area contributed by atoms with Crippen molar-refractivity contribution in [2.24, 2.45) is 11.8 Å². The fourth-order valence-electron chi connectivity index (χ4n) is 2.33. The maximum absolute atomic E-state index is 5.18. The molecule has 1 heteroatoms. The summed E-state index contributed by atoms with van der Waals surface area (Å²) < 4.78 is 5.18. The van der Waals surface area contributed by atoms with Gasteiger partial charge in [0.05, 0.1) is 0 Å². The Balaban J connectivity index is 2.11. The zero-order valence-electron chi connectivity index (χ0n) is 8.51. The summed E-state index contributed by atoms with van der Waals surface area (Å²) in [5.41, 5.74) is 0. The molecule has 1 saturated carbocycles. The summed E-state index contributed by atoms with van der Waals surface area (Å²) in [7, 11) is 1.82. The summed E-state index contributed by atoms with van der Waals surface area (Å²) in [5.74, 6) is 1.89. The van der Waals surface area contributed by atoms with Gasteiger partial charge in [0, 0.05) is 13.7 Å². The van der Waals surface area contributed by atoms with Crippen molar-refractivity contribution in [2.75, 3.05) is 13.7 Å². The maximum Gasteiger partial charge on any atom is 0.0490 e. The maximum atomic E-state index is 5.18. The van der Waals surface area contributed by atoms with Gasteiger partial charge in [0.25, 0.3) is 0 Å². The van der Waals surface area contributed by atoms with E-state index in [1.54, 1.807) is 0 Å². The van der Waals surface area contributed by atoms with Crippen LogP contribution in [0.5, 0.6) is 0 Å². The number of hydrogen-bond donors (Lipinski definition) is 0. The Kier molecular flexibility index (Phi) is 4.67. The first-order valence-electron chi connectivity index (χ1n) is 5.35. The molecule has 0 aromatic rings. The first-order valence-corrected chi connectivity index (χ1v) is 5.35. The van der Waals surface area contributed by atoms with E-state index < -0.39 is 0 Å². The number of methoxy groups -OCH3 is 1. The molecule has 0 unspecified atom stereocenters. The van der Waals surface area contributed by atoms with Gasteiger partial charge in [-0.1, -0.05) is 32.6 Å². The molecule has 1 aliphatic carbocycles. The van der Waals surface area contributed by atoms with E-state index in [0.717, 1.165) is 18.4 Å². The van der Waals surface area contributed by atoms with Gasteiger partial charge in [-0.05, 0) is 24.7 Å². The van der Waals surface area contributed by atoms with Crippen LogP contribution in [0.25, 0.3) is 0 Å². The molecule has 1 aliphatic rings. The molecule has 1 fully saturated rings. The van der Waals surface area contributed by atoms with E-state index in [1.807, 2.05) is 7.11 Å². The normalized spacial score (nSPS) is 30.5. The molecule has 0 aliphatic heterocycles. The van der Waals surface area contributed by atoms with Gasteiger partial charge in [-0.15, -0.1) is 0 Å². The Labute approximate surface area is 76.5 Å². The van der Waals surface area contributed by atoms with E-state index in [9.17, 15) is 0 Å². The van der Waals surface area contributed by atoms with Crippen LogP contribution in [0, 0.1) is 11.8 Å². The molecule has 0 spiro atoms. The minimum atomic E-state index is 0.864. The molecule has 0 bridgehead atoms. The first kappa shape index (κ1) is 10.0. The van der Waals surface area contributed by atoms with Gasteiger partial charge in [-0.3, -0.25) is 0 Å². The van der Waals surface area contributed by atoms with Gasteiger partial charge in [0.15, 0.2) is 0 Å². The molecular formula is C11H22O. The lowest BCUT2D eigenvalue weighted by molar-refractivity contribution is 0.117. The van der Waals surface area contributed by atoms with Crippen LogP contribution in [0.2, 0.25) is 0 Å². The smallest absolute Gasteiger partial charge is 0.0490 e. The second kappa shape index (κ2) is 5.58. The molecule has 0 atom stereocenters. The highest BCUT2D eigenvalue weighted by atomic mass is 16.5. The SMILES string of the molecule is CCCC1CCC(COC)CC1.